The number of amides is 1. The van der Waals surface area contributed by atoms with Crippen molar-refractivity contribution in [2.45, 2.75) is 25.7 Å². The van der Waals surface area contributed by atoms with Gasteiger partial charge in [-0.15, -0.1) is 0 Å². The molecule has 3 rings (SSSR count). The van der Waals surface area contributed by atoms with Crippen LogP contribution in [0.4, 0.5) is 14.5 Å². The first-order valence-electron chi connectivity index (χ1n) is 8.42. The summed E-state index contributed by atoms with van der Waals surface area (Å²) in [6.07, 6.45) is 0.896. The second-order valence-electron chi connectivity index (χ2n) is 6.74. The number of anilines is 1. The van der Waals surface area contributed by atoms with E-state index in [1.807, 2.05) is 0 Å². The van der Waals surface area contributed by atoms with Gasteiger partial charge in [0.1, 0.15) is 11.6 Å². The largest absolute Gasteiger partial charge is 0.481 e. The van der Waals surface area contributed by atoms with Crippen LogP contribution < -0.4 is 5.32 Å². The van der Waals surface area contributed by atoms with Crippen molar-refractivity contribution in [3.63, 3.8) is 0 Å². The first kappa shape index (κ1) is 18.0. The van der Waals surface area contributed by atoms with E-state index in [9.17, 15) is 18.4 Å². The number of carbonyl (C=O) groups excluding carboxylic acids is 1. The van der Waals surface area contributed by atoms with E-state index in [0.717, 1.165) is 23.8 Å². The van der Waals surface area contributed by atoms with Gasteiger partial charge in [0, 0.05) is 11.6 Å². The number of halogens is 2. The van der Waals surface area contributed by atoms with Gasteiger partial charge in [-0.2, -0.15) is 0 Å². The van der Waals surface area contributed by atoms with Crippen LogP contribution in [0.3, 0.4) is 0 Å². The first-order chi connectivity index (χ1) is 12.3. The van der Waals surface area contributed by atoms with E-state index in [2.05, 4.69) is 5.32 Å². The molecule has 6 heteroatoms. The Kier molecular flexibility index (Phi) is 5.02. The van der Waals surface area contributed by atoms with Crippen LogP contribution in [0.5, 0.6) is 0 Å². The summed E-state index contributed by atoms with van der Waals surface area (Å²) in [6.45, 7) is 1.64. The molecule has 1 aliphatic carbocycles. The van der Waals surface area contributed by atoms with Crippen molar-refractivity contribution in [2.24, 2.45) is 11.8 Å². The molecule has 1 aliphatic rings. The van der Waals surface area contributed by atoms with Crippen LogP contribution in [-0.4, -0.2) is 17.0 Å². The molecule has 0 spiro atoms. The van der Waals surface area contributed by atoms with Crippen LogP contribution in [0.2, 0.25) is 0 Å². The van der Waals surface area contributed by atoms with Gasteiger partial charge in [0.05, 0.1) is 5.92 Å². The minimum atomic E-state index is -0.855. The molecule has 0 aromatic heterocycles. The van der Waals surface area contributed by atoms with E-state index in [4.69, 9.17) is 5.11 Å². The van der Waals surface area contributed by atoms with E-state index in [1.165, 1.54) is 0 Å². The predicted molar refractivity (Wildman–Crippen MR) is 92.8 cm³/mol. The number of rotatable bonds is 6. The average molecular weight is 359 g/mol. The minimum Gasteiger partial charge on any atom is -0.481 e. The Hall–Kier alpha value is -2.76. The maximum atomic E-state index is 13.8. The molecule has 3 atom stereocenters. The lowest BCUT2D eigenvalue weighted by Crippen LogP contribution is -2.15. The number of aliphatic carboxylic acids is 1. The van der Waals surface area contributed by atoms with Crippen LogP contribution in [0.25, 0.3) is 0 Å². The third-order valence-corrected chi connectivity index (χ3v) is 4.67. The lowest BCUT2D eigenvalue weighted by Gasteiger charge is -2.09. The normalized spacial score (nSPS) is 19.7. The van der Waals surface area contributed by atoms with E-state index in [0.29, 0.717) is 18.5 Å². The fourth-order valence-electron chi connectivity index (χ4n) is 3.03. The van der Waals surface area contributed by atoms with Gasteiger partial charge in [-0.3, -0.25) is 9.59 Å². The van der Waals surface area contributed by atoms with Gasteiger partial charge < -0.3 is 10.4 Å². The van der Waals surface area contributed by atoms with E-state index in [1.54, 1.807) is 31.2 Å². The fraction of sp³-hybridized carbons (Fsp3) is 0.300. The van der Waals surface area contributed by atoms with Crippen LogP contribution >= 0.6 is 0 Å². The molecule has 0 heterocycles. The van der Waals surface area contributed by atoms with Crippen LogP contribution in [0.1, 0.15) is 30.4 Å². The first-order valence-corrected chi connectivity index (χ1v) is 8.42. The summed E-state index contributed by atoms with van der Waals surface area (Å²) in [5.41, 5.74) is 1.69. The molecule has 0 radical (unpaired) electrons. The van der Waals surface area contributed by atoms with E-state index in [-0.39, 0.29) is 23.3 Å². The molecule has 1 fully saturated rings. The smallest absolute Gasteiger partial charge is 0.306 e. The Bertz CT molecular complexity index is 835. The summed E-state index contributed by atoms with van der Waals surface area (Å²) in [5, 5.41) is 11.7. The van der Waals surface area contributed by atoms with E-state index >= 15 is 0 Å². The van der Waals surface area contributed by atoms with Crippen LogP contribution in [0.15, 0.2) is 42.5 Å². The zero-order chi connectivity index (χ0) is 18.8. The Morgan fingerprint density at radius 3 is 2.54 bits per heavy atom. The van der Waals surface area contributed by atoms with Crippen LogP contribution in [-0.2, 0) is 16.0 Å². The van der Waals surface area contributed by atoms with Gasteiger partial charge in [-0.25, -0.2) is 8.78 Å². The highest BCUT2D eigenvalue weighted by atomic mass is 19.1. The molecule has 0 bridgehead atoms. The molecular formula is C20H19F2NO3. The van der Waals surface area contributed by atoms with Gasteiger partial charge >= 0.3 is 5.97 Å². The molecule has 4 nitrogen and oxygen atoms in total. The van der Waals surface area contributed by atoms with Crippen LogP contribution in [0, 0.1) is 23.5 Å². The van der Waals surface area contributed by atoms with Crippen molar-refractivity contribution in [2.75, 3.05) is 5.32 Å². The summed E-state index contributed by atoms with van der Waals surface area (Å²) in [4.78, 5) is 23.2. The minimum absolute atomic E-state index is 0.231. The van der Waals surface area contributed by atoms with Crippen molar-refractivity contribution in [3.05, 3.63) is 65.2 Å². The van der Waals surface area contributed by atoms with Crippen molar-refractivity contribution >= 4 is 17.6 Å². The average Bonchev–Trinajstić information content (AvgIpc) is 3.39. The fourth-order valence-corrected chi connectivity index (χ4v) is 3.03. The third kappa shape index (κ3) is 4.07. The summed E-state index contributed by atoms with van der Waals surface area (Å²) in [6, 6.07) is 10.2. The summed E-state index contributed by atoms with van der Waals surface area (Å²) < 4.78 is 27.1. The number of hydrogen-bond donors (Lipinski definition) is 2. The molecule has 3 unspecified atom stereocenters. The van der Waals surface area contributed by atoms with Gasteiger partial charge in [0.25, 0.3) is 0 Å². The molecular weight excluding hydrogens is 340 g/mol. The molecule has 1 amide bonds. The summed E-state index contributed by atoms with van der Waals surface area (Å²) in [7, 11) is 0. The zero-order valence-corrected chi connectivity index (χ0v) is 14.2. The number of carbonyl (C=O) groups is 2. The predicted octanol–water partition coefficient (Wildman–Crippen LogP) is 3.97. The molecule has 26 heavy (non-hydrogen) atoms. The van der Waals surface area contributed by atoms with Crippen molar-refractivity contribution in [1.29, 1.82) is 0 Å². The Labute approximate surface area is 149 Å². The SMILES string of the molecule is CC(Cc1ccc(NC(=O)C2CC2c2cc(F)ccc2F)cc1)C(=O)O. The molecule has 1 saturated carbocycles. The molecule has 2 aromatic carbocycles. The summed E-state index contributed by atoms with van der Waals surface area (Å²) in [5.74, 6) is -3.26. The standard InChI is InChI=1S/C20H19F2NO3/c1-11(20(25)26)8-12-2-5-14(6-3-12)23-19(24)17-10-15(17)16-9-13(21)4-7-18(16)22/h2-7,9,11,15,17H,8,10H2,1H3,(H,23,24)(H,25,26). The number of hydrogen-bond acceptors (Lipinski definition) is 2. The quantitative estimate of drug-likeness (QED) is 0.820. The van der Waals surface area contributed by atoms with Gasteiger partial charge in [0.2, 0.25) is 5.91 Å². The third-order valence-electron chi connectivity index (χ3n) is 4.67. The molecule has 2 N–H and O–H groups in total. The van der Waals surface area contributed by atoms with E-state index < -0.39 is 23.5 Å². The summed E-state index contributed by atoms with van der Waals surface area (Å²) >= 11 is 0. The highest BCUT2D eigenvalue weighted by molar-refractivity contribution is 5.95. The Morgan fingerprint density at radius 1 is 1.19 bits per heavy atom. The monoisotopic (exact) mass is 359 g/mol. The lowest BCUT2D eigenvalue weighted by molar-refractivity contribution is -0.141. The topological polar surface area (TPSA) is 66.4 Å². The van der Waals surface area contributed by atoms with Crippen molar-refractivity contribution < 1.29 is 23.5 Å². The second-order valence-corrected chi connectivity index (χ2v) is 6.74. The number of carboxylic acid groups (broad SMARTS) is 1. The lowest BCUT2D eigenvalue weighted by atomic mass is 10.0. The highest BCUT2D eigenvalue weighted by Gasteiger charge is 2.45. The molecule has 0 aliphatic heterocycles. The maximum absolute atomic E-state index is 13.8. The Balaban J connectivity index is 1.59. The molecule has 0 saturated heterocycles. The second kappa shape index (κ2) is 7.23. The van der Waals surface area contributed by atoms with Crippen molar-refractivity contribution in [3.8, 4) is 0 Å². The van der Waals surface area contributed by atoms with Crippen molar-refractivity contribution in [1.82, 2.24) is 0 Å². The van der Waals surface area contributed by atoms with Gasteiger partial charge in [0.15, 0.2) is 0 Å². The number of nitrogens with one attached hydrogen (secondary N) is 1. The molecule has 2 aromatic rings. The van der Waals surface area contributed by atoms with Gasteiger partial charge in [-0.1, -0.05) is 19.1 Å². The Morgan fingerprint density at radius 2 is 1.88 bits per heavy atom. The zero-order valence-electron chi connectivity index (χ0n) is 14.2. The number of benzene rings is 2. The highest BCUT2D eigenvalue weighted by Crippen LogP contribution is 2.48. The molecule has 136 valence electrons. The number of carboxylic acids is 1. The maximum Gasteiger partial charge on any atom is 0.306 e. The van der Waals surface area contributed by atoms with Gasteiger partial charge in [-0.05, 0) is 60.2 Å².